The van der Waals surface area contributed by atoms with Crippen LogP contribution in [0.25, 0.3) is 0 Å². The zero-order valence-corrected chi connectivity index (χ0v) is 13.2. The molecule has 6 nitrogen and oxygen atoms in total. The second kappa shape index (κ2) is 6.20. The van der Waals surface area contributed by atoms with Crippen LogP contribution in [0.3, 0.4) is 0 Å². The van der Waals surface area contributed by atoms with E-state index in [1.54, 1.807) is 7.11 Å². The summed E-state index contributed by atoms with van der Waals surface area (Å²) >= 11 is 0. The van der Waals surface area contributed by atoms with Crippen molar-refractivity contribution in [2.75, 3.05) is 26.8 Å². The molecule has 1 aromatic rings. The van der Waals surface area contributed by atoms with Crippen molar-refractivity contribution in [3.05, 3.63) is 11.6 Å². The van der Waals surface area contributed by atoms with Crippen molar-refractivity contribution in [3.63, 3.8) is 0 Å². The SMILES string of the molecule is CCn1c(C)nnc1CN1CC(COC)OC(C)(C)C1. The van der Waals surface area contributed by atoms with Gasteiger partial charge in [-0.15, -0.1) is 10.2 Å². The molecule has 2 heterocycles. The predicted octanol–water partition coefficient (Wildman–Crippen LogP) is 1.23. The summed E-state index contributed by atoms with van der Waals surface area (Å²) < 4.78 is 13.4. The Morgan fingerprint density at radius 3 is 2.80 bits per heavy atom. The van der Waals surface area contributed by atoms with E-state index in [-0.39, 0.29) is 11.7 Å². The first-order valence-corrected chi connectivity index (χ1v) is 7.23. The molecule has 0 aromatic carbocycles. The Labute approximate surface area is 121 Å². The number of aryl methyl sites for hydroxylation is 1. The van der Waals surface area contributed by atoms with E-state index in [2.05, 4.69) is 40.4 Å². The van der Waals surface area contributed by atoms with Crippen LogP contribution >= 0.6 is 0 Å². The highest BCUT2D eigenvalue weighted by atomic mass is 16.5. The first-order chi connectivity index (χ1) is 9.45. The average molecular weight is 282 g/mol. The number of hydrogen-bond donors (Lipinski definition) is 0. The van der Waals surface area contributed by atoms with Crippen LogP contribution in [-0.2, 0) is 22.6 Å². The maximum absolute atomic E-state index is 6.03. The van der Waals surface area contributed by atoms with Gasteiger partial charge >= 0.3 is 0 Å². The summed E-state index contributed by atoms with van der Waals surface area (Å²) in [6.07, 6.45) is 0.114. The Balaban J connectivity index is 2.07. The van der Waals surface area contributed by atoms with Crippen LogP contribution in [0.15, 0.2) is 0 Å². The Morgan fingerprint density at radius 2 is 2.15 bits per heavy atom. The first kappa shape index (κ1) is 15.4. The largest absolute Gasteiger partial charge is 0.382 e. The van der Waals surface area contributed by atoms with E-state index in [1.807, 2.05) is 6.92 Å². The Morgan fingerprint density at radius 1 is 1.40 bits per heavy atom. The van der Waals surface area contributed by atoms with Crippen LogP contribution in [-0.4, -0.2) is 58.2 Å². The van der Waals surface area contributed by atoms with Gasteiger partial charge in [0.15, 0.2) is 0 Å². The Bertz CT molecular complexity index is 444. The summed E-state index contributed by atoms with van der Waals surface area (Å²) in [5.74, 6) is 2.00. The van der Waals surface area contributed by atoms with Gasteiger partial charge in [-0.3, -0.25) is 4.90 Å². The monoisotopic (exact) mass is 282 g/mol. The van der Waals surface area contributed by atoms with Crippen molar-refractivity contribution < 1.29 is 9.47 Å². The Kier molecular flexibility index (Phi) is 4.78. The van der Waals surface area contributed by atoms with E-state index in [0.29, 0.717) is 6.61 Å². The smallest absolute Gasteiger partial charge is 0.147 e. The number of morpholine rings is 1. The maximum atomic E-state index is 6.03. The fraction of sp³-hybridized carbons (Fsp3) is 0.857. The Hall–Kier alpha value is -0.980. The molecule has 1 aromatic heterocycles. The van der Waals surface area contributed by atoms with E-state index in [4.69, 9.17) is 9.47 Å². The molecular weight excluding hydrogens is 256 g/mol. The lowest BCUT2D eigenvalue weighted by molar-refractivity contribution is -0.154. The topological polar surface area (TPSA) is 52.4 Å². The van der Waals surface area contributed by atoms with E-state index in [9.17, 15) is 0 Å². The van der Waals surface area contributed by atoms with Gasteiger partial charge in [0.05, 0.1) is 24.9 Å². The minimum atomic E-state index is -0.159. The molecule has 0 saturated carbocycles. The highest BCUT2D eigenvalue weighted by Crippen LogP contribution is 2.22. The van der Waals surface area contributed by atoms with Crippen LogP contribution in [0.1, 0.15) is 32.4 Å². The molecule has 0 aliphatic carbocycles. The highest BCUT2D eigenvalue weighted by Gasteiger charge is 2.33. The fourth-order valence-corrected chi connectivity index (χ4v) is 2.96. The molecule has 6 heteroatoms. The molecule has 0 amide bonds. The summed E-state index contributed by atoms with van der Waals surface area (Å²) in [4.78, 5) is 2.38. The molecule has 1 unspecified atom stereocenters. The summed E-state index contributed by atoms with van der Waals surface area (Å²) in [6, 6.07) is 0. The molecule has 0 spiro atoms. The van der Waals surface area contributed by atoms with Crippen molar-refractivity contribution >= 4 is 0 Å². The van der Waals surface area contributed by atoms with Crippen LogP contribution in [0, 0.1) is 6.92 Å². The lowest BCUT2D eigenvalue weighted by Gasteiger charge is -2.42. The molecule has 1 aliphatic rings. The highest BCUT2D eigenvalue weighted by molar-refractivity contribution is 4.95. The van der Waals surface area contributed by atoms with Crippen LogP contribution in [0.4, 0.5) is 0 Å². The van der Waals surface area contributed by atoms with Crippen LogP contribution in [0.2, 0.25) is 0 Å². The molecule has 1 saturated heterocycles. The van der Waals surface area contributed by atoms with Crippen molar-refractivity contribution in [3.8, 4) is 0 Å². The molecule has 20 heavy (non-hydrogen) atoms. The van der Waals surface area contributed by atoms with Gasteiger partial charge in [-0.25, -0.2) is 0 Å². The lowest BCUT2D eigenvalue weighted by Crippen LogP contribution is -2.53. The minimum Gasteiger partial charge on any atom is -0.382 e. The molecular formula is C14H26N4O2. The predicted molar refractivity (Wildman–Crippen MR) is 76.5 cm³/mol. The summed E-state index contributed by atoms with van der Waals surface area (Å²) in [6.45, 7) is 12.5. The molecule has 114 valence electrons. The van der Waals surface area contributed by atoms with Crippen molar-refractivity contribution in [2.24, 2.45) is 0 Å². The molecule has 2 rings (SSSR count). The van der Waals surface area contributed by atoms with Gasteiger partial charge in [-0.1, -0.05) is 0 Å². The van der Waals surface area contributed by atoms with Crippen molar-refractivity contribution in [2.45, 2.75) is 52.5 Å². The third-order valence-electron chi connectivity index (χ3n) is 3.60. The van der Waals surface area contributed by atoms with Gasteiger partial charge in [-0.2, -0.15) is 0 Å². The fourth-order valence-electron chi connectivity index (χ4n) is 2.96. The second-order valence-electron chi connectivity index (χ2n) is 6.03. The third kappa shape index (κ3) is 3.56. The van der Waals surface area contributed by atoms with Crippen LogP contribution < -0.4 is 0 Å². The van der Waals surface area contributed by atoms with E-state index < -0.39 is 0 Å². The zero-order chi connectivity index (χ0) is 14.8. The van der Waals surface area contributed by atoms with Gasteiger partial charge in [0.2, 0.25) is 0 Å². The minimum absolute atomic E-state index is 0.114. The van der Waals surface area contributed by atoms with Gasteiger partial charge in [0, 0.05) is 26.7 Å². The molecule has 1 aliphatic heterocycles. The number of methoxy groups -OCH3 is 1. The molecule has 1 fully saturated rings. The standard InChI is InChI=1S/C14H26N4O2/c1-6-18-11(2)15-16-13(18)8-17-7-12(9-19-5)20-14(3,4)10-17/h12H,6-10H2,1-5H3. The molecule has 0 N–H and O–H groups in total. The molecule has 0 radical (unpaired) electrons. The van der Waals surface area contributed by atoms with Gasteiger partial charge in [0.1, 0.15) is 11.6 Å². The summed E-state index contributed by atoms with van der Waals surface area (Å²) in [7, 11) is 1.71. The maximum Gasteiger partial charge on any atom is 0.147 e. The third-order valence-corrected chi connectivity index (χ3v) is 3.60. The number of rotatable bonds is 5. The normalized spacial score (nSPS) is 23.1. The number of nitrogens with zero attached hydrogens (tertiary/aromatic N) is 4. The molecule has 0 bridgehead atoms. The van der Waals surface area contributed by atoms with E-state index in [0.717, 1.165) is 37.8 Å². The first-order valence-electron chi connectivity index (χ1n) is 7.23. The van der Waals surface area contributed by atoms with E-state index in [1.165, 1.54) is 0 Å². The van der Waals surface area contributed by atoms with Crippen LogP contribution in [0.5, 0.6) is 0 Å². The number of hydrogen-bond acceptors (Lipinski definition) is 5. The quantitative estimate of drug-likeness (QED) is 0.813. The summed E-state index contributed by atoms with van der Waals surface area (Å²) in [5.41, 5.74) is -0.159. The zero-order valence-electron chi connectivity index (χ0n) is 13.2. The van der Waals surface area contributed by atoms with Gasteiger partial charge in [-0.05, 0) is 27.7 Å². The number of ether oxygens (including phenoxy) is 2. The number of aromatic nitrogens is 3. The van der Waals surface area contributed by atoms with Gasteiger partial charge < -0.3 is 14.0 Å². The molecule has 1 atom stereocenters. The van der Waals surface area contributed by atoms with Gasteiger partial charge in [0.25, 0.3) is 0 Å². The average Bonchev–Trinajstić information content (AvgIpc) is 2.68. The van der Waals surface area contributed by atoms with Crippen molar-refractivity contribution in [1.29, 1.82) is 0 Å². The lowest BCUT2D eigenvalue weighted by atomic mass is 10.1. The van der Waals surface area contributed by atoms with E-state index >= 15 is 0 Å². The van der Waals surface area contributed by atoms with Crippen molar-refractivity contribution in [1.82, 2.24) is 19.7 Å². The summed E-state index contributed by atoms with van der Waals surface area (Å²) in [5, 5.41) is 8.47. The second-order valence-corrected chi connectivity index (χ2v) is 6.03.